The van der Waals surface area contributed by atoms with E-state index in [1.807, 2.05) is 55.5 Å². The standard InChI is InChI=1S/C6H6.C4H9N/c1-2-4-6-5-3-1;1-2-3-4-5/h1-6H;2-3H,4-5H2,1H3/b;3-2+. The fraction of sp³-hybridized carbons (Fsp3) is 0.200. The molecule has 0 bridgehead atoms. The van der Waals surface area contributed by atoms with Crippen molar-refractivity contribution in [1.82, 2.24) is 0 Å². The van der Waals surface area contributed by atoms with Gasteiger partial charge >= 0.3 is 0 Å². The quantitative estimate of drug-likeness (QED) is 0.609. The highest BCUT2D eigenvalue weighted by molar-refractivity contribution is 4.99. The second kappa shape index (κ2) is 8.92. The van der Waals surface area contributed by atoms with E-state index in [9.17, 15) is 0 Å². The van der Waals surface area contributed by atoms with Gasteiger partial charge in [-0.05, 0) is 6.92 Å². The molecule has 0 unspecified atom stereocenters. The van der Waals surface area contributed by atoms with Crippen molar-refractivity contribution in [1.29, 1.82) is 0 Å². The molecule has 0 saturated carbocycles. The number of benzene rings is 1. The molecule has 0 radical (unpaired) electrons. The molecule has 0 atom stereocenters. The van der Waals surface area contributed by atoms with E-state index in [4.69, 9.17) is 5.73 Å². The molecule has 0 spiro atoms. The summed E-state index contributed by atoms with van der Waals surface area (Å²) in [6.45, 7) is 2.61. The lowest BCUT2D eigenvalue weighted by Gasteiger charge is -1.69. The van der Waals surface area contributed by atoms with Gasteiger partial charge in [0, 0.05) is 6.54 Å². The van der Waals surface area contributed by atoms with Crippen LogP contribution >= 0.6 is 0 Å². The second-order valence-corrected chi connectivity index (χ2v) is 1.96. The Bertz CT molecular complexity index is 141. The minimum Gasteiger partial charge on any atom is -0.327 e. The summed E-state index contributed by atoms with van der Waals surface area (Å²) in [5.41, 5.74) is 5.05. The monoisotopic (exact) mass is 149 g/mol. The third-order valence-electron chi connectivity index (χ3n) is 1.04. The van der Waals surface area contributed by atoms with Gasteiger partial charge in [0.1, 0.15) is 0 Å². The average molecular weight is 149 g/mol. The largest absolute Gasteiger partial charge is 0.327 e. The first kappa shape index (κ1) is 9.92. The number of allylic oxidation sites excluding steroid dienone is 1. The van der Waals surface area contributed by atoms with Gasteiger partial charge in [-0.2, -0.15) is 0 Å². The molecular formula is C10H15N. The van der Waals surface area contributed by atoms with Crippen molar-refractivity contribution in [3.8, 4) is 0 Å². The number of nitrogens with two attached hydrogens (primary N) is 1. The van der Waals surface area contributed by atoms with Crippen molar-refractivity contribution in [2.45, 2.75) is 6.92 Å². The Balaban J connectivity index is 0.000000187. The lowest BCUT2D eigenvalue weighted by molar-refractivity contribution is 1.25. The first-order valence-electron chi connectivity index (χ1n) is 3.73. The van der Waals surface area contributed by atoms with Gasteiger partial charge in [0.25, 0.3) is 0 Å². The minimum atomic E-state index is 0.663. The van der Waals surface area contributed by atoms with E-state index >= 15 is 0 Å². The van der Waals surface area contributed by atoms with E-state index in [1.54, 1.807) is 0 Å². The van der Waals surface area contributed by atoms with E-state index in [0.29, 0.717) is 6.54 Å². The van der Waals surface area contributed by atoms with Gasteiger partial charge in [0.05, 0.1) is 0 Å². The summed E-state index contributed by atoms with van der Waals surface area (Å²) in [5.74, 6) is 0. The molecule has 0 aliphatic carbocycles. The van der Waals surface area contributed by atoms with Crippen LogP contribution in [0.2, 0.25) is 0 Å². The van der Waals surface area contributed by atoms with Crippen LogP contribution in [0.3, 0.4) is 0 Å². The Kier molecular flexibility index (Phi) is 8.04. The van der Waals surface area contributed by atoms with Gasteiger partial charge in [-0.3, -0.25) is 0 Å². The van der Waals surface area contributed by atoms with Crippen molar-refractivity contribution in [3.63, 3.8) is 0 Å². The molecule has 1 aromatic carbocycles. The molecule has 11 heavy (non-hydrogen) atoms. The van der Waals surface area contributed by atoms with Crippen LogP contribution in [0.5, 0.6) is 0 Å². The molecule has 0 heterocycles. The summed E-state index contributed by atoms with van der Waals surface area (Å²) < 4.78 is 0. The first-order valence-corrected chi connectivity index (χ1v) is 3.73. The molecule has 0 aromatic heterocycles. The van der Waals surface area contributed by atoms with Gasteiger partial charge in [-0.25, -0.2) is 0 Å². The second-order valence-electron chi connectivity index (χ2n) is 1.96. The average Bonchev–Trinajstić information content (AvgIpc) is 2.10. The van der Waals surface area contributed by atoms with Crippen LogP contribution in [0.25, 0.3) is 0 Å². The van der Waals surface area contributed by atoms with Crippen molar-refractivity contribution >= 4 is 0 Å². The lowest BCUT2D eigenvalue weighted by atomic mass is 10.4. The van der Waals surface area contributed by atoms with E-state index < -0.39 is 0 Å². The summed E-state index contributed by atoms with van der Waals surface area (Å²) in [7, 11) is 0. The van der Waals surface area contributed by atoms with Crippen LogP contribution in [0.15, 0.2) is 48.6 Å². The molecule has 0 aliphatic heterocycles. The fourth-order valence-corrected chi connectivity index (χ4v) is 0.521. The van der Waals surface area contributed by atoms with Crippen molar-refractivity contribution < 1.29 is 0 Å². The number of hydrogen-bond donors (Lipinski definition) is 1. The molecule has 2 N–H and O–H groups in total. The molecular weight excluding hydrogens is 134 g/mol. The highest BCUT2D eigenvalue weighted by atomic mass is 14.5. The zero-order valence-electron chi connectivity index (χ0n) is 6.90. The Morgan fingerprint density at radius 2 is 1.36 bits per heavy atom. The summed E-state index contributed by atoms with van der Waals surface area (Å²) in [6, 6.07) is 12.0. The first-order chi connectivity index (χ1) is 5.41. The van der Waals surface area contributed by atoms with Gasteiger partial charge in [-0.1, -0.05) is 48.6 Å². The summed E-state index contributed by atoms with van der Waals surface area (Å²) >= 11 is 0. The van der Waals surface area contributed by atoms with Gasteiger partial charge in [0.2, 0.25) is 0 Å². The predicted octanol–water partition coefficient (Wildman–Crippen LogP) is 2.21. The maximum atomic E-state index is 5.05. The van der Waals surface area contributed by atoms with Gasteiger partial charge < -0.3 is 5.73 Å². The Labute approximate surface area is 68.5 Å². The number of rotatable bonds is 1. The maximum Gasteiger partial charge on any atom is 0.0106 e. The molecule has 1 aromatic rings. The summed E-state index contributed by atoms with van der Waals surface area (Å²) in [6.07, 6.45) is 3.83. The lowest BCUT2D eigenvalue weighted by Crippen LogP contribution is -1.90. The molecule has 1 rings (SSSR count). The third-order valence-corrected chi connectivity index (χ3v) is 1.04. The molecule has 0 saturated heterocycles. The van der Waals surface area contributed by atoms with Crippen LogP contribution in [0.1, 0.15) is 6.92 Å². The van der Waals surface area contributed by atoms with E-state index in [0.717, 1.165) is 0 Å². The van der Waals surface area contributed by atoms with Crippen LogP contribution in [0.4, 0.5) is 0 Å². The Hall–Kier alpha value is -1.08. The van der Waals surface area contributed by atoms with Crippen LogP contribution in [0, 0.1) is 0 Å². The SMILES string of the molecule is C/C=C/CN.c1ccccc1. The summed E-state index contributed by atoms with van der Waals surface area (Å²) in [5, 5.41) is 0. The van der Waals surface area contributed by atoms with Crippen LogP contribution in [-0.2, 0) is 0 Å². The van der Waals surface area contributed by atoms with E-state index in [1.165, 1.54) is 0 Å². The van der Waals surface area contributed by atoms with E-state index in [2.05, 4.69) is 0 Å². The number of hydrogen-bond acceptors (Lipinski definition) is 1. The molecule has 0 fully saturated rings. The molecule has 1 nitrogen and oxygen atoms in total. The van der Waals surface area contributed by atoms with Gasteiger partial charge in [0.15, 0.2) is 0 Å². The van der Waals surface area contributed by atoms with Gasteiger partial charge in [-0.15, -0.1) is 0 Å². The van der Waals surface area contributed by atoms with Crippen molar-refractivity contribution in [2.75, 3.05) is 6.54 Å². The van der Waals surface area contributed by atoms with E-state index in [-0.39, 0.29) is 0 Å². The molecule has 1 heteroatoms. The van der Waals surface area contributed by atoms with Crippen LogP contribution < -0.4 is 5.73 Å². The highest BCUT2D eigenvalue weighted by Gasteiger charge is 1.57. The zero-order chi connectivity index (χ0) is 8.36. The molecule has 0 aliphatic rings. The van der Waals surface area contributed by atoms with Crippen molar-refractivity contribution in [2.24, 2.45) is 5.73 Å². The maximum absolute atomic E-state index is 5.05. The zero-order valence-corrected chi connectivity index (χ0v) is 6.90. The van der Waals surface area contributed by atoms with Crippen molar-refractivity contribution in [3.05, 3.63) is 48.6 Å². The topological polar surface area (TPSA) is 26.0 Å². The Morgan fingerprint density at radius 3 is 1.45 bits per heavy atom. The molecule has 0 amide bonds. The fourth-order valence-electron chi connectivity index (χ4n) is 0.521. The predicted molar refractivity (Wildman–Crippen MR) is 50.3 cm³/mol. The molecule has 60 valence electrons. The Morgan fingerprint density at radius 1 is 1.00 bits per heavy atom. The third kappa shape index (κ3) is 8.92. The minimum absolute atomic E-state index is 0.663. The summed E-state index contributed by atoms with van der Waals surface area (Å²) in [4.78, 5) is 0. The normalized spacial score (nSPS) is 8.91. The van der Waals surface area contributed by atoms with Crippen LogP contribution in [-0.4, -0.2) is 6.54 Å². The highest BCUT2D eigenvalue weighted by Crippen LogP contribution is 1.79. The smallest absolute Gasteiger partial charge is 0.0106 e.